The van der Waals surface area contributed by atoms with Crippen molar-refractivity contribution in [3.8, 4) is 5.75 Å². The van der Waals surface area contributed by atoms with Crippen LogP contribution in [-0.4, -0.2) is 16.7 Å². The van der Waals surface area contributed by atoms with Crippen LogP contribution < -0.4 is 4.74 Å². The van der Waals surface area contributed by atoms with Gasteiger partial charge in [0.25, 0.3) is 0 Å². The van der Waals surface area contributed by atoms with Gasteiger partial charge in [-0.05, 0) is 43.9 Å². The fourth-order valence-corrected chi connectivity index (χ4v) is 2.36. The first-order valence-corrected chi connectivity index (χ1v) is 6.06. The van der Waals surface area contributed by atoms with Crippen molar-refractivity contribution in [2.45, 2.75) is 38.2 Å². The van der Waals surface area contributed by atoms with Crippen molar-refractivity contribution < 1.29 is 14.6 Å². The first kappa shape index (κ1) is 12.2. The van der Waals surface area contributed by atoms with Crippen LogP contribution in [-0.2, 0) is 4.79 Å². The van der Waals surface area contributed by atoms with E-state index in [-0.39, 0.29) is 6.42 Å². The van der Waals surface area contributed by atoms with E-state index in [1.54, 1.807) is 6.07 Å². The molecule has 0 amide bonds. The highest BCUT2D eigenvalue weighted by Gasteiger charge is 2.41. The minimum atomic E-state index is -0.826. The van der Waals surface area contributed by atoms with Gasteiger partial charge in [0.2, 0.25) is 0 Å². The topological polar surface area (TPSA) is 46.5 Å². The van der Waals surface area contributed by atoms with Crippen molar-refractivity contribution in [3.63, 3.8) is 0 Å². The summed E-state index contributed by atoms with van der Waals surface area (Å²) in [5.74, 6) is -0.244. The molecule has 1 aliphatic rings. The van der Waals surface area contributed by atoms with E-state index in [1.807, 2.05) is 19.1 Å². The normalized spacial score (nSPS) is 17.3. The summed E-state index contributed by atoms with van der Waals surface area (Å²) in [5.41, 5.74) is 0.508. The number of aryl methyl sites for hydroxylation is 1. The number of rotatable bonds is 4. The van der Waals surface area contributed by atoms with Crippen LogP contribution in [0.1, 0.15) is 31.2 Å². The lowest BCUT2D eigenvalue weighted by Gasteiger charge is -2.41. The summed E-state index contributed by atoms with van der Waals surface area (Å²) in [4.78, 5) is 10.8. The molecule has 0 aliphatic heterocycles. The van der Waals surface area contributed by atoms with Crippen LogP contribution in [0.4, 0.5) is 0 Å². The largest absolute Gasteiger partial charge is 0.485 e. The lowest BCUT2D eigenvalue weighted by atomic mass is 9.77. The first-order chi connectivity index (χ1) is 8.01. The Bertz CT molecular complexity index is 438. The van der Waals surface area contributed by atoms with E-state index in [0.717, 1.165) is 24.8 Å². The van der Waals surface area contributed by atoms with Gasteiger partial charge in [-0.25, -0.2) is 0 Å². The zero-order chi connectivity index (χ0) is 12.5. The number of aliphatic carboxylic acids is 1. The number of carboxylic acids is 1. The Kier molecular flexibility index (Phi) is 3.29. The molecule has 0 spiro atoms. The molecule has 92 valence electrons. The van der Waals surface area contributed by atoms with Gasteiger partial charge in [-0.3, -0.25) is 4.79 Å². The first-order valence-electron chi connectivity index (χ1n) is 5.68. The summed E-state index contributed by atoms with van der Waals surface area (Å²) in [5, 5.41) is 9.44. The van der Waals surface area contributed by atoms with Crippen LogP contribution in [0.2, 0.25) is 5.02 Å². The van der Waals surface area contributed by atoms with E-state index >= 15 is 0 Å². The third-order valence-corrected chi connectivity index (χ3v) is 3.45. The summed E-state index contributed by atoms with van der Waals surface area (Å²) < 4.78 is 5.82. The van der Waals surface area contributed by atoms with Crippen molar-refractivity contribution in [1.82, 2.24) is 0 Å². The van der Waals surface area contributed by atoms with Crippen LogP contribution in [0, 0.1) is 6.92 Å². The maximum absolute atomic E-state index is 10.8. The fourth-order valence-electron chi connectivity index (χ4n) is 2.08. The number of carbonyl (C=O) groups is 1. The molecule has 0 unspecified atom stereocenters. The van der Waals surface area contributed by atoms with Crippen molar-refractivity contribution in [1.29, 1.82) is 0 Å². The predicted molar refractivity (Wildman–Crippen MR) is 65.7 cm³/mol. The van der Waals surface area contributed by atoms with Gasteiger partial charge in [-0.2, -0.15) is 0 Å². The highest BCUT2D eigenvalue weighted by molar-refractivity contribution is 6.32. The van der Waals surface area contributed by atoms with Gasteiger partial charge >= 0.3 is 5.97 Å². The molecule has 1 aromatic carbocycles. The molecule has 0 bridgehead atoms. The summed E-state index contributed by atoms with van der Waals surface area (Å²) >= 11 is 6.08. The highest BCUT2D eigenvalue weighted by atomic mass is 35.5. The van der Waals surface area contributed by atoms with Gasteiger partial charge in [0.15, 0.2) is 0 Å². The van der Waals surface area contributed by atoms with E-state index < -0.39 is 11.6 Å². The van der Waals surface area contributed by atoms with Crippen LogP contribution in [0.3, 0.4) is 0 Å². The Morgan fingerprint density at radius 3 is 2.71 bits per heavy atom. The predicted octanol–water partition coefficient (Wildman–Crippen LogP) is 3.42. The Labute approximate surface area is 105 Å². The Balaban J connectivity index is 2.15. The van der Waals surface area contributed by atoms with Gasteiger partial charge in [-0.1, -0.05) is 17.7 Å². The van der Waals surface area contributed by atoms with Crippen LogP contribution in [0.25, 0.3) is 0 Å². The highest BCUT2D eigenvalue weighted by Crippen LogP contribution is 2.41. The third-order valence-electron chi connectivity index (χ3n) is 3.15. The Hall–Kier alpha value is -1.22. The van der Waals surface area contributed by atoms with Gasteiger partial charge in [-0.15, -0.1) is 0 Å². The molecule has 0 radical (unpaired) electrons. The summed E-state index contributed by atoms with van der Waals surface area (Å²) in [6.07, 6.45) is 2.61. The summed E-state index contributed by atoms with van der Waals surface area (Å²) in [6, 6.07) is 5.54. The molecule has 1 fully saturated rings. The number of benzene rings is 1. The minimum absolute atomic E-state index is 0.0389. The van der Waals surface area contributed by atoms with Gasteiger partial charge in [0, 0.05) is 0 Å². The number of halogens is 1. The second-order valence-corrected chi connectivity index (χ2v) is 5.05. The number of ether oxygens (including phenoxy) is 1. The molecule has 1 aliphatic carbocycles. The summed E-state index contributed by atoms with van der Waals surface area (Å²) in [6.45, 7) is 1.95. The van der Waals surface area contributed by atoms with Gasteiger partial charge in [0.1, 0.15) is 11.4 Å². The van der Waals surface area contributed by atoms with Crippen molar-refractivity contribution in [2.75, 3.05) is 0 Å². The van der Waals surface area contributed by atoms with E-state index in [0.29, 0.717) is 10.8 Å². The lowest BCUT2D eigenvalue weighted by Crippen LogP contribution is -2.45. The Morgan fingerprint density at radius 2 is 2.24 bits per heavy atom. The minimum Gasteiger partial charge on any atom is -0.485 e. The zero-order valence-electron chi connectivity index (χ0n) is 9.70. The quantitative estimate of drug-likeness (QED) is 0.896. The molecule has 0 saturated heterocycles. The van der Waals surface area contributed by atoms with Crippen molar-refractivity contribution in [3.05, 3.63) is 28.8 Å². The molecule has 1 saturated carbocycles. The van der Waals surface area contributed by atoms with E-state index in [9.17, 15) is 4.79 Å². The van der Waals surface area contributed by atoms with Crippen LogP contribution in [0.5, 0.6) is 5.75 Å². The second-order valence-electron chi connectivity index (χ2n) is 4.64. The molecule has 4 heteroatoms. The molecule has 1 N–H and O–H groups in total. The maximum atomic E-state index is 10.8. The molecule has 17 heavy (non-hydrogen) atoms. The standard InChI is InChI=1S/C13H15ClO3/c1-9-3-4-11(10(14)7-9)17-13(5-2-6-13)8-12(15)16/h3-4,7H,2,5-6,8H2,1H3,(H,15,16). The molecule has 0 atom stereocenters. The van der Waals surface area contributed by atoms with Gasteiger partial charge in [0.05, 0.1) is 11.4 Å². The SMILES string of the molecule is Cc1ccc(OC2(CC(=O)O)CCC2)c(Cl)c1. The summed E-state index contributed by atoms with van der Waals surface area (Å²) in [7, 11) is 0. The van der Waals surface area contributed by atoms with E-state index in [4.69, 9.17) is 21.4 Å². The average molecular weight is 255 g/mol. The van der Waals surface area contributed by atoms with Crippen LogP contribution in [0.15, 0.2) is 18.2 Å². The monoisotopic (exact) mass is 254 g/mol. The third kappa shape index (κ3) is 2.72. The molecule has 0 heterocycles. The van der Waals surface area contributed by atoms with Gasteiger partial charge < -0.3 is 9.84 Å². The lowest BCUT2D eigenvalue weighted by molar-refractivity contribution is -0.144. The zero-order valence-corrected chi connectivity index (χ0v) is 10.5. The molecular formula is C13H15ClO3. The van der Waals surface area contributed by atoms with Crippen molar-refractivity contribution in [2.24, 2.45) is 0 Å². The molecule has 1 aromatic rings. The molecule has 3 nitrogen and oxygen atoms in total. The number of hydrogen-bond donors (Lipinski definition) is 1. The number of carboxylic acid groups (broad SMARTS) is 1. The van der Waals surface area contributed by atoms with E-state index in [2.05, 4.69) is 0 Å². The Morgan fingerprint density at radius 1 is 1.53 bits per heavy atom. The average Bonchev–Trinajstić information content (AvgIpc) is 2.18. The van der Waals surface area contributed by atoms with Crippen LogP contribution >= 0.6 is 11.6 Å². The molecule has 0 aromatic heterocycles. The number of hydrogen-bond acceptors (Lipinski definition) is 2. The molecule has 2 rings (SSSR count). The molecular weight excluding hydrogens is 240 g/mol. The maximum Gasteiger partial charge on any atom is 0.307 e. The van der Waals surface area contributed by atoms with Crippen molar-refractivity contribution >= 4 is 17.6 Å². The second kappa shape index (κ2) is 4.57. The van der Waals surface area contributed by atoms with E-state index in [1.165, 1.54) is 0 Å². The smallest absolute Gasteiger partial charge is 0.307 e. The fraction of sp³-hybridized carbons (Fsp3) is 0.462.